The van der Waals surface area contributed by atoms with E-state index >= 15 is 0 Å². The molecular formula is C20H25N2O+. The van der Waals surface area contributed by atoms with Gasteiger partial charge in [-0.15, -0.1) is 6.58 Å². The van der Waals surface area contributed by atoms with Crippen molar-refractivity contribution in [3.05, 3.63) is 54.7 Å². The molecule has 3 unspecified atom stereocenters. The first-order valence-electron chi connectivity index (χ1n) is 8.61. The molecule has 2 aromatic rings. The first-order chi connectivity index (χ1) is 11.1. The summed E-state index contributed by atoms with van der Waals surface area (Å²) in [5.41, 5.74) is 1.99. The molecule has 3 heteroatoms. The molecule has 0 spiro atoms. The van der Waals surface area contributed by atoms with E-state index in [1.165, 1.54) is 13.0 Å². The van der Waals surface area contributed by atoms with Crippen molar-refractivity contribution in [1.29, 1.82) is 0 Å². The molecule has 0 aliphatic carbocycles. The van der Waals surface area contributed by atoms with Crippen molar-refractivity contribution in [3.63, 3.8) is 0 Å². The predicted molar refractivity (Wildman–Crippen MR) is 92.8 cm³/mol. The number of likely N-dealkylation sites (N-methyl/N-ethyl adjacent to an activating group) is 1. The Labute approximate surface area is 137 Å². The summed E-state index contributed by atoms with van der Waals surface area (Å²) in [6, 6.07) is 10.4. The van der Waals surface area contributed by atoms with E-state index in [9.17, 15) is 5.11 Å². The number of hydrogen-bond acceptors (Lipinski definition) is 2. The van der Waals surface area contributed by atoms with E-state index in [0.717, 1.165) is 33.9 Å². The second-order valence-corrected chi connectivity index (χ2v) is 7.50. The van der Waals surface area contributed by atoms with Crippen LogP contribution in [0.15, 0.2) is 49.2 Å². The highest BCUT2D eigenvalue weighted by Gasteiger charge is 2.51. The molecule has 0 saturated carbocycles. The minimum absolute atomic E-state index is 0.274. The third-order valence-corrected chi connectivity index (χ3v) is 6.26. The van der Waals surface area contributed by atoms with Crippen LogP contribution in [0.4, 0.5) is 0 Å². The fourth-order valence-electron chi connectivity index (χ4n) is 4.88. The number of aliphatic hydroxyl groups excluding tert-OH is 1. The normalized spacial score (nSPS) is 34.4. The van der Waals surface area contributed by atoms with E-state index in [4.69, 9.17) is 0 Å². The van der Waals surface area contributed by atoms with Crippen LogP contribution in [0.5, 0.6) is 0 Å². The molecule has 3 fully saturated rings. The minimum atomic E-state index is -0.429. The number of piperidine rings is 3. The first-order valence-corrected chi connectivity index (χ1v) is 8.61. The Balaban J connectivity index is 1.72. The summed E-state index contributed by atoms with van der Waals surface area (Å²) in [5.74, 6) is 1.28. The second-order valence-electron chi connectivity index (χ2n) is 7.50. The summed E-state index contributed by atoms with van der Waals surface area (Å²) in [7, 11) is 2.31. The summed E-state index contributed by atoms with van der Waals surface area (Å²) in [5, 5.41) is 12.3. The topological polar surface area (TPSA) is 33.1 Å². The van der Waals surface area contributed by atoms with Crippen LogP contribution in [0.2, 0.25) is 0 Å². The number of aromatic nitrogens is 1. The molecule has 23 heavy (non-hydrogen) atoms. The fraction of sp³-hybridized carbons (Fsp3) is 0.450. The number of para-hydroxylation sites is 1. The van der Waals surface area contributed by atoms with Gasteiger partial charge in [-0.2, -0.15) is 0 Å². The molecule has 0 radical (unpaired) electrons. The molecule has 4 heterocycles. The quantitative estimate of drug-likeness (QED) is 0.697. The molecule has 3 saturated heterocycles. The largest absolute Gasteiger partial charge is 0.382 e. The maximum atomic E-state index is 11.2. The highest BCUT2D eigenvalue weighted by molar-refractivity contribution is 5.82. The lowest BCUT2D eigenvalue weighted by Gasteiger charge is -2.56. The van der Waals surface area contributed by atoms with Gasteiger partial charge in [-0.05, 0) is 23.6 Å². The number of nitrogens with zero attached hydrogens (tertiary/aromatic N) is 2. The van der Waals surface area contributed by atoms with Gasteiger partial charge in [0.1, 0.15) is 12.1 Å². The molecular weight excluding hydrogens is 284 g/mol. The number of benzene rings is 1. The van der Waals surface area contributed by atoms with Crippen molar-refractivity contribution in [2.75, 3.05) is 20.1 Å². The average Bonchev–Trinajstić information content (AvgIpc) is 2.60. The van der Waals surface area contributed by atoms with E-state index in [-0.39, 0.29) is 6.04 Å². The Hall–Kier alpha value is -1.71. The lowest BCUT2D eigenvalue weighted by atomic mass is 9.72. The Kier molecular flexibility index (Phi) is 3.51. The SMILES string of the molecule is C=C[C@H]1C[N+]2(C)CCC1C[C@H]2C(O)c1ccnc2ccccc12. The van der Waals surface area contributed by atoms with Gasteiger partial charge < -0.3 is 9.59 Å². The standard InChI is InChI=1S/C20H25N2O/c1-3-14-13-22(2)11-9-15(14)12-19(22)20(23)17-8-10-21-18-7-5-4-6-16(17)18/h3-8,10,14-15,19-20,23H,1,9,11-13H2,2H3/q+1/t14-,15?,19-,20?,22?/m0/s1. The molecule has 5 rings (SSSR count). The average molecular weight is 309 g/mol. The molecule has 3 aliphatic rings. The highest BCUT2D eigenvalue weighted by Crippen LogP contribution is 2.45. The molecule has 2 bridgehead atoms. The van der Waals surface area contributed by atoms with Crippen molar-refractivity contribution >= 4 is 10.9 Å². The summed E-state index contributed by atoms with van der Waals surface area (Å²) in [6.45, 7) is 6.30. The van der Waals surface area contributed by atoms with Crippen LogP contribution in [-0.4, -0.2) is 40.8 Å². The Morgan fingerprint density at radius 3 is 2.96 bits per heavy atom. The van der Waals surface area contributed by atoms with Crippen molar-refractivity contribution in [1.82, 2.24) is 4.98 Å². The van der Waals surface area contributed by atoms with E-state index in [1.54, 1.807) is 0 Å². The molecule has 3 aliphatic heterocycles. The van der Waals surface area contributed by atoms with E-state index in [2.05, 4.69) is 30.8 Å². The Bertz CT molecular complexity index is 738. The van der Waals surface area contributed by atoms with Gasteiger partial charge in [0.25, 0.3) is 0 Å². The van der Waals surface area contributed by atoms with Gasteiger partial charge in [0.2, 0.25) is 0 Å². The van der Waals surface area contributed by atoms with E-state index in [0.29, 0.717) is 11.8 Å². The zero-order valence-electron chi connectivity index (χ0n) is 13.7. The number of aliphatic hydroxyl groups is 1. The van der Waals surface area contributed by atoms with Crippen LogP contribution >= 0.6 is 0 Å². The summed E-state index contributed by atoms with van der Waals surface area (Å²) >= 11 is 0. The zero-order valence-corrected chi connectivity index (χ0v) is 13.7. The lowest BCUT2D eigenvalue weighted by molar-refractivity contribution is -0.956. The third-order valence-electron chi connectivity index (χ3n) is 6.26. The smallest absolute Gasteiger partial charge is 0.131 e. The summed E-state index contributed by atoms with van der Waals surface area (Å²) < 4.78 is 0.963. The van der Waals surface area contributed by atoms with Crippen molar-refractivity contribution in [2.24, 2.45) is 11.8 Å². The number of quaternary nitrogens is 1. The molecule has 1 aromatic carbocycles. The molecule has 1 N–H and O–H groups in total. The monoisotopic (exact) mass is 309 g/mol. The minimum Gasteiger partial charge on any atom is -0.382 e. The number of pyridine rings is 1. The van der Waals surface area contributed by atoms with E-state index in [1.807, 2.05) is 30.5 Å². The van der Waals surface area contributed by atoms with Gasteiger partial charge in [0.05, 0.1) is 25.7 Å². The second kappa shape index (κ2) is 5.43. The van der Waals surface area contributed by atoms with Crippen LogP contribution < -0.4 is 0 Å². The number of fused-ring (bicyclic) bond motifs is 4. The number of hydrogen-bond donors (Lipinski definition) is 1. The lowest BCUT2D eigenvalue weighted by Crippen LogP contribution is -2.66. The Morgan fingerprint density at radius 1 is 1.35 bits per heavy atom. The first kappa shape index (κ1) is 14.9. The Morgan fingerprint density at radius 2 is 2.17 bits per heavy atom. The molecule has 3 nitrogen and oxygen atoms in total. The maximum Gasteiger partial charge on any atom is 0.131 e. The molecule has 120 valence electrons. The highest BCUT2D eigenvalue weighted by atomic mass is 16.3. The van der Waals surface area contributed by atoms with Crippen molar-refractivity contribution in [2.45, 2.75) is 25.0 Å². The summed E-state index contributed by atoms with van der Waals surface area (Å²) in [4.78, 5) is 4.43. The van der Waals surface area contributed by atoms with Crippen LogP contribution in [0.25, 0.3) is 10.9 Å². The third kappa shape index (κ3) is 2.30. The maximum absolute atomic E-state index is 11.2. The molecule has 1 aromatic heterocycles. The van der Waals surface area contributed by atoms with Crippen molar-refractivity contribution in [3.8, 4) is 0 Å². The van der Waals surface area contributed by atoms with Crippen LogP contribution in [0.3, 0.4) is 0 Å². The molecule has 0 amide bonds. The number of rotatable bonds is 3. The van der Waals surface area contributed by atoms with Crippen molar-refractivity contribution < 1.29 is 9.59 Å². The van der Waals surface area contributed by atoms with Gasteiger partial charge in [-0.1, -0.05) is 24.3 Å². The summed E-state index contributed by atoms with van der Waals surface area (Å²) in [6.07, 6.45) is 5.87. The predicted octanol–water partition coefficient (Wildman–Crippen LogP) is 3.31. The van der Waals surface area contributed by atoms with Gasteiger partial charge in [-0.3, -0.25) is 4.98 Å². The van der Waals surface area contributed by atoms with Gasteiger partial charge in [-0.25, -0.2) is 0 Å². The van der Waals surface area contributed by atoms with E-state index < -0.39 is 6.10 Å². The van der Waals surface area contributed by atoms with Crippen LogP contribution in [0, 0.1) is 11.8 Å². The fourth-order valence-corrected chi connectivity index (χ4v) is 4.88. The zero-order chi connectivity index (χ0) is 16.0. The van der Waals surface area contributed by atoms with Gasteiger partial charge >= 0.3 is 0 Å². The van der Waals surface area contributed by atoms with Crippen LogP contribution in [-0.2, 0) is 0 Å². The molecule has 5 atom stereocenters. The van der Waals surface area contributed by atoms with Gasteiger partial charge in [0, 0.05) is 30.3 Å². The van der Waals surface area contributed by atoms with Gasteiger partial charge in [0.15, 0.2) is 0 Å². The van der Waals surface area contributed by atoms with Crippen LogP contribution in [0.1, 0.15) is 24.5 Å².